The van der Waals surface area contributed by atoms with Crippen LogP contribution in [0.3, 0.4) is 0 Å². The second kappa shape index (κ2) is 7.09. The lowest BCUT2D eigenvalue weighted by Gasteiger charge is -2.12. The minimum absolute atomic E-state index is 0.442. The minimum atomic E-state index is 0.442. The van der Waals surface area contributed by atoms with E-state index in [0.29, 0.717) is 23.4 Å². The van der Waals surface area contributed by atoms with Crippen molar-refractivity contribution in [1.29, 1.82) is 0 Å². The van der Waals surface area contributed by atoms with Gasteiger partial charge in [-0.2, -0.15) is 0 Å². The van der Waals surface area contributed by atoms with E-state index >= 15 is 0 Å². The van der Waals surface area contributed by atoms with Crippen molar-refractivity contribution >= 4 is 0 Å². The molecule has 0 spiro atoms. The maximum atomic E-state index is 5.86. The molecule has 0 saturated heterocycles. The van der Waals surface area contributed by atoms with E-state index in [1.54, 1.807) is 7.11 Å². The van der Waals surface area contributed by atoms with E-state index in [1.807, 2.05) is 37.3 Å². The normalized spacial score (nSPS) is 10.7. The molecule has 2 aromatic rings. The van der Waals surface area contributed by atoms with E-state index in [-0.39, 0.29) is 0 Å². The van der Waals surface area contributed by atoms with Gasteiger partial charge in [0, 0.05) is 24.3 Å². The molecule has 0 aliphatic rings. The Morgan fingerprint density at radius 1 is 1.14 bits per heavy atom. The molecule has 0 unspecified atom stereocenters. The van der Waals surface area contributed by atoms with E-state index in [9.17, 15) is 0 Å². The summed E-state index contributed by atoms with van der Waals surface area (Å²) in [5.74, 6) is 1.95. The van der Waals surface area contributed by atoms with Crippen molar-refractivity contribution in [2.24, 2.45) is 0 Å². The van der Waals surface area contributed by atoms with Crippen LogP contribution in [0.1, 0.15) is 25.1 Å². The molecule has 0 aliphatic carbocycles. The third-order valence-corrected chi connectivity index (χ3v) is 2.99. The highest BCUT2D eigenvalue weighted by molar-refractivity contribution is 5.42. The van der Waals surface area contributed by atoms with Gasteiger partial charge in [0.15, 0.2) is 11.5 Å². The van der Waals surface area contributed by atoms with Gasteiger partial charge in [-0.25, -0.2) is 4.98 Å². The maximum absolute atomic E-state index is 5.86. The molecule has 4 heteroatoms. The minimum Gasteiger partial charge on any atom is -0.493 e. The van der Waals surface area contributed by atoms with Crippen LogP contribution in [0.5, 0.6) is 17.4 Å². The van der Waals surface area contributed by atoms with Crippen LogP contribution in [-0.4, -0.2) is 18.1 Å². The monoisotopic (exact) mass is 286 g/mol. The fraction of sp³-hybridized carbons (Fsp3) is 0.353. The molecule has 4 nitrogen and oxygen atoms in total. The van der Waals surface area contributed by atoms with Crippen molar-refractivity contribution in [3.63, 3.8) is 0 Å². The molecular weight excluding hydrogens is 264 g/mol. The zero-order chi connectivity index (χ0) is 15.2. The van der Waals surface area contributed by atoms with Crippen molar-refractivity contribution in [3.8, 4) is 17.4 Å². The molecule has 0 radical (unpaired) electrons. The van der Waals surface area contributed by atoms with Crippen molar-refractivity contribution in [3.05, 3.63) is 47.7 Å². The van der Waals surface area contributed by atoms with Crippen LogP contribution in [0.15, 0.2) is 36.4 Å². The van der Waals surface area contributed by atoms with Gasteiger partial charge in [-0.3, -0.25) is 0 Å². The molecule has 0 saturated carbocycles. The molecule has 0 fully saturated rings. The van der Waals surface area contributed by atoms with Crippen LogP contribution >= 0.6 is 0 Å². The number of ether oxygens (including phenoxy) is 2. The fourth-order valence-electron chi connectivity index (χ4n) is 2.00. The predicted octanol–water partition coefficient (Wildman–Crippen LogP) is 3.69. The highest BCUT2D eigenvalue weighted by Crippen LogP contribution is 2.30. The molecule has 0 aliphatic heterocycles. The van der Waals surface area contributed by atoms with Crippen molar-refractivity contribution in [2.75, 3.05) is 7.11 Å². The standard InChI is InChI=1S/C17H22N2O2/c1-12(2)18-11-14-9-13(3)19-17(10-14)21-16-8-6-5-7-15(16)20-4/h5-10,12,18H,11H2,1-4H3. The molecule has 1 aromatic heterocycles. The van der Waals surface area contributed by atoms with Gasteiger partial charge >= 0.3 is 0 Å². The third kappa shape index (κ3) is 4.46. The molecule has 1 aromatic carbocycles. The Bertz CT molecular complexity index is 597. The first kappa shape index (κ1) is 15.3. The Hall–Kier alpha value is -2.07. The molecule has 0 bridgehead atoms. The Kier molecular flexibility index (Phi) is 5.17. The lowest BCUT2D eigenvalue weighted by atomic mass is 10.2. The highest BCUT2D eigenvalue weighted by Gasteiger charge is 2.07. The number of pyridine rings is 1. The number of nitrogens with one attached hydrogen (secondary N) is 1. The average Bonchev–Trinajstić information content (AvgIpc) is 2.45. The first-order valence-electron chi connectivity index (χ1n) is 7.10. The fourth-order valence-corrected chi connectivity index (χ4v) is 2.00. The molecule has 0 atom stereocenters. The van der Waals surface area contributed by atoms with Crippen LogP contribution in [0, 0.1) is 6.92 Å². The Morgan fingerprint density at radius 3 is 2.52 bits per heavy atom. The van der Waals surface area contributed by atoms with Gasteiger partial charge < -0.3 is 14.8 Å². The summed E-state index contributed by atoms with van der Waals surface area (Å²) in [4.78, 5) is 4.43. The van der Waals surface area contributed by atoms with Crippen LogP contribution in [0.2, 0.25) is 0 Å². The molecule has 0 amide bonds. The number of nitrogens with zero attached hydrogens (tertiary/aromatic N) is 1. The smallest absolute Gasteiger partial charge is 0.219 e. The summed E-state index contributed by atoms with van der Waals surface area (Å²) in [5.41, 5.74) is 2.09. The Morgan fingerprint density at radius 2 is 1.86 bits per heavy atom. The highest BCUT2D eigenvalue weighted by atomic mass is 16.5. The quantitative estimate of drug-likeness (QED) is 0.879. The van der Waals surface area contributed by atoms with E-state index < -0.39 is 0 Å². The van der Waals surface area contributed by atoms with Gasteiger partial charge in [0.1, 0.15) is 0 Å². The van der Waals surface area contributed by atoms with Crippen molar-refractivity contribution in [1.82, 2.24) is 10.3 Å². The summed E-state index contributed by atoms with van der Waals surface area (Å²) in [5, 5.41) is 3.39. The Balaban J connectivity index is 2.19. The zero-order valence-corrected chi connectivity index (χ0v) is 13.0. The Labute approximate surface area is 126 Å². The van der Waals surface area contributed by atoms with E-state index in [0.717, 1.165) is 17.8 Å². The SMILES string of the molecule is COc1ccccc1Oc1cc(CNC(C)C)cc(C)n1. The second-order valence-electron chi connectivity index (χ2n) is 5.24. The van der Waals surface area contributed by atoms with Crippen molar-refractivity contribution in [2.45, 2.75) is 33.4 Å². The molecule has 1 heterocycles. The van der Waals surface area contributed by atoms with Crippen LogP contribution in [0.4, 0.5) is 0 Å². The largest absolute Gasteiger partial charge is 0.493 e. The molecule has 112 valence electrons. The molecular formula is C17H22N2O2. The van der Waals surface area contributed by atoms with Gasteiger partial charge in [0.25, 0.3) is 0 Å². The van der Waals surface area contributed by atoms with E-state index in [2.05, 4.69) is 30.2 Å². The van der Waals surface area contributed by atoms with Gasteiger partial charge in [-0.15, -0.1) is 0 Å². The molecule has 2 rings (SSSR count). The van der Waals surface area contributed by atoms with Crippen molar-refractivity contribution < 1.29 is 9.47 Å². The number of methoxy groups -OCH3 is 1. The summed E-state index contributed by atoms with van der Waals surface area (Å²) < 4.78 is 11.2. The number of hydrogen-bond acceptors (Lipinski definition) is 4. The van der Waals surface area contributed by atoms with E-state index in [1.165, 1.54) is 0 Å². The lowest BCUT2D eigenvalue weighted by molar-refractivity contribution is 0.373. The zero-order valence-electron chi connectivity index (χ0n) is 13.0. The van der Waals surface area contributed by atoms with Crippen LogP contribution < -0.4 is 14.8 Å². The number of hydrogen-bond donors (Lipinski definition) is 1. The average molecular weight is 286 g/mol. The van der Waals surface area contributed by atoms with Gasteiger partial charge in [0.05, 0.1) is 7.11 Å². The summed E-state index contributed by atoms with van der Waals surface area (Å²) >= 11 is 0. The number of benzene rings is 1. The predicted molar refractivity (Wildman–Crippen MR) is 84.0 cm³/mol. The van der Waals surface area contributed by atoms with Crippen LogP contribution in [-0.2, 0) is 6.54 Å². The molecule has 21 heavy (non-hydrogen) atoms. The number of rotatable bonds is 6. The maximum Gasteiger partial charge on any atom is 0.219 e. The summed E-state index contributed by atoms with van der Waals surface area (Å²) in [6, 6.07) is 12.0. The third-order valence-electron chi connectivity index (χ3n) is 2.99. The number of aromatic nitrogens is 1. The number of aryl methyl sites for hydroxylation is 1. The summed E-state index contributed by atoms with van der Waals surface area (Å²) in [7, 11) is 1.63. The first-order chi connectivity index (χ1) is 10.1. The van der Waals surface area contributed by atoms with Gasteiger partial charge in [0.2, 0.25) is 5.88 Å². The number of para-hydroxylation sites is 2. The topological polar surface area (TPSA) is 43.4 Å². The summed E-state index contributed by atoms with van der Waals surface area (Å²) in [6.45, 7) is 7.01. The second-order valence-corrected chi connectivity index (χ2v) is 5.24. The van der Waals surface area contributed by atoms with Crippen LogP contribution in [0.25, 0.3) is 0 Å². The van der Waals surface area contributed by atoms with Gasteiger partial charge in [-0.05, 0) is 30.7 Å². The lowest BCUT2D eigenvalue weighted by Crippen LogP contribution is -2.21. The van der Waals surface area contributed by atoms with Gasteiger partial charge in [-0.1, -0.05) is 26.0 Å². The summed E-state index contributed by atoms with van der Waals surface area (Å²) in [6.07, 6.45) is 0. The molecule has 1 N–H and O–H groups in total. The van der Waals surface area contributed by atoms with E-state index in [4.69, 9.17) is 9.47 Å². The first-order valence-corrected chi connectivity index (χ1v) is 7.10.